The lowest BCUT2D eigenvalue weighted by molar-refractivity contribution is 0.0587. The Morgan fingerprint density at radius 1 is 0.959 bits per heavy atom. The smallest absolute Gasteiger partial charge is 0.354 e. The molecular formula is C38H40ClFN6O3. The molecule has 0 amide bonds. The van der Waals surface area contributed by atoms with E-state index in [-0.39, 0.29) is 5.82 Å². The topological polar surface area (TPSA) is 79.3 Å². The zero-order valence-electron chi connectivity index (χ0n) is 28.7. The van der Waals surface area contributed by atoms with Crippen LogP contribution in [0.4, 0.5) is 4.39 Å². The predicted octanol–water partition coefficient (Wildman–Crippen LogP) is 7.32. The quantitative estimate of drug-likeness (QED) is 0.169. The van der Waals surface area contributed by atoms with E-state index in [1.165, 1.54) is 13.2 Å². The number of aryl methyl sites for hydroxylation is 6. The summed E-state index contributed by atoms with van der Waals surface area (Å²) < 4.78 is 31.9. The molecule has 0 unspecified atom stereocenters. The molecule has 0 saturated carbocycles. The highest BCUT2D eigenvalue weighted by molar-refractivity contribution is 6.35. The van der Waals surface area contributed by atoms with Gasteiger partial charge in [0.25, 0.3) is 0 Å². The molecule has 0 aliphatic carbocycles. The SMILES string of the molecule is COC(=O)c1c(C)c2c3c(Cl)ccc2n1CCCOc1cc(cc2cc(F)ccc12)CCc1cc(nn1C)CN(C)Cc1nn(C)c(C)c1-3. The Hall–Kier alpha value is -4.67. The molecule has 0 N–H and O–H groups in total. The second kappa shape index (κ2) is 13.0. The van der Waals surface area contributed by atoms with Crippen LogP contribution in [0.5, 0.6) is 5.75 Å². The first-order chi connectivity index (χ1) is 23.5. The monoisotopic (exact) mass is 682 g/mol. The minimum absolute atomic E-state index is 0.286. The summed E-state index contributed by atoms with van der Waals surface area (Å²) in [5.74, 6) is 0.0105. The van der Waals surface area contributed by atoms with Crippen molar-refractivity contribution in [2.75, 3.05) is 20.8 Å². The number of halogens is 2. The molecule has 11 heteroatoms. The lowest BCUT2D eigenvalue weighted by Gasteiger charge is -2.16. The van der Waals surface area contributed by atoms with Gasteiger partial charge in [-0.3, -0.25) is 14.3 Å². The Balaban J connectivity index is 1.39. The molecule has 7 rings (SSSR count). The minimum atomic E-state index is -0.413. The first-order valence-corrected chi connectivity index (χ1v) is 16.9. The highest BCUT2D eigenvalue weighted by Crippen LogP contribution is 2.43. The molecular weight excluding hydrogens is 643 g/mol. The third-order valence-electron chi connectivity index (χ3n) is 9.73. The summed E-state index contributed by atoms with van der Waals surface area (Å²) in [6.45, 7) is 6.08. The number of esters is 1. The van der Waals surface area contributed by atoms with E-state index in [1.807, 2.05) is 60.1 Å². The number of benzene rings is 3. The highest BCUT2D eigenvalue weighted by atomic mass is 35.5. The maximum atomic E-state index is 14.4. The number of fused-ring (bicyclic) bond motifs is 8. The lowest BCUT2D eigenvalue weighted by atomic mass is 9.96. The fourth-order valence-corrected chi connectivity index (χ4v) is 7.59. The van der Waals surface area contributed by atoms with E-state index in [0.717, 1.165) is 79.5 Å². The molecule has 4 heterocycles. The molecule has 8 bridgehead atoms. The van der Waals surface area contributed by atoms with Gasteiger partial charge in [-0.05, 0) is 99.1 Å². The maximum absolute atomic E-state index is 14.4. The van der Waals surface area contributed by atoms with Crippen molar-refractivity contribution >= 4 is 39.2 Å². The minimum Gasteiger partial charge on any atom is -0.493 e. The number of nitrogens with zero attached hydrogens (tertiary/aromatic N) is 6. The van der Waals surface area contributed by atoms with Crippen LogP contribution in [0.2, 0.25) is 5.02 Å². The van der Waals surface area contributed by atoms with E-state index >= 15 is 0 Å². The van der Waals surface area contributed by atoms with Crippen molar-refractivity contribution in [2.24, 2.45) is 14.1 Å². The molecule has 0 fully saturated rings. The average molecular weight is 683 g/mol. The van der Waals surface area contributed by atoms with Gasteiger partial charge >= 0.3 is 5.97 Å². The Bertz CT molecular complexity index is 2250. The van der Waals surface area contributed by atoms with Crippen LogP contribution in [0.15, 0.2) is 48.5 Å². The van der Waals surface area contributed by atoms with Gasteiger partial charge in [0.05, 0.1) is 25.1 Å². The number of hydrogen-bond acceptors (Lipinski definition) is 6. The molecule has 0 radical (unpaired) electrons. The van der Waals surface area contributed by atoms with E-state index in [2.05, 4.69) is 24.1 Å². The van der Waals surface area contributed by atoms with Crippen LogP contribution >= 0.6 is 11.6 Å². The van der Waals surface area contributed by atoms with Gasteiger partial charge in [-0.15, -0.1) is 0 Å². The van der Waals surface area contributed by atoms with Crippen molar-refractivity contribution in [2.45, 2.75) is 52.7 Å². The van der Waals surface area contributed by atoms with Crippen LogP contribution < -0.4 is 4.74 Å². The number of carbonyl (C=O) groups is 1. The van der Waals surface area contributed by atoms with Crippen LogP contribution in [0, 0.1) is 19.7 Å². The van der Waals surface area contributed by atoms with Gasteiger partial charge in [0.15, 0.2) is 0 Å². The second-order valence-electron chi connectivity index (χ2n) is 13.0. The molecule has 0 saturated heterocycles. The molecule has 0 spiro atoms. The number of rotatable bonds is 1. The van der Waals surface area contributed by atoms with E-state index in [4.69, 9.17) is 31.3 Å². The number of aromatic nitrogens is 5. The number of carbonyl (C=O) groups excluding carboxylic acids is 1. The Morgan fingerprint density at radius 3 is 2.57 bits per heavy atom. The van der Waals surface area contributed by atoms with Crippen molar-refractivity contribution in [1.82, 2.24) is 29.0 Å². The van der Waals surface area contributed by atoms with Crippen LogP contribution in [-0.4, -0.2) is 55.8 Å². The third-order valence-corrected chi connectivity index (χ3v) is 10.0. The van der Waals surface area contributed by atoms with E-state index in [0.29, 0.717) is 49.1 Å². The van der Waals surface area contributed by atoms with Gasteiger partial charge in [-0.25, -0.2) is 9.18 Å². The number of ether oxygens (including phenoxy) is 2. The Labute approximate surface area is 289 Å². The fraction of sp³-hybridized carbons (Fsp3) is 0.342. The molecule has 6 aromatic rings. The molecule has 9 nitrogen and oxygen atoms in total. The molecule has 3 aromatic heterocycles. The molecule has 254 valence electrons. The zero-order valence-corrected chi connectivity index (χ0v) is 29.5. The van der Waals surface area contributed by atoms with Gasteiger partial charge in [0.2, 0.25) is 0 Å². The predicted molar refractivity (Wildman–Crippen MR) is 190 cm³/mol. The first-order valence-electron chi connectivity index (χ1n) is 16.5. The molecule has 0 atom stereocenters. The zero-order chi connectivity index (χ0) is 34.6. The van der Waals surface area contributed by atoms with Crippen molar-refractivity contribution in [3.05, 3.63) is 99.0 Å². The highest BCUT2D eigenvalue weighted by Gasteiger charge is 2.28. The molecule has 49 heavy (non-hydrogen) atoms. The standard InChI is InChI=1S/C38H40ClFN6O3/c1-22-34-32-13-12-30(39)36(34)35-23(2)44(4)42-31(35)21-43(3)20-27-19-28(45(5)41-27)10-8-24-16-25-18-26(40)9-11-29(25)33(17-24)49-15-7-14-46(32)37(22)38(47)48-6/h9,11-13,16-19H,7-8,10,14-15,20-21H2,1-6H3. The summed E-state index contributed by atoms with van der Waals surface area (Å²) >= 11 is 7.07. The normalized spacial score (nSPS) is 14.5. The van der Waals surface area contributed by atoms with Gasteiger partial charge in [-0.1, -0.05) is 17.7 Å². The van der Waals surface area contributed by atoms with Crippen molar-refractivity contribution < 1.29 is 18.7 Å². The van der Waals surface area contributed by atoms with Crippen molar-refractivity contribution in [3.8, 4) is 16.9 Å². The van der Waals surface area contributed by atoms with Gasteiger partial charge in [0, 0.05) is 77.6 Å². The summed E-state index contributed by atoms with van der Waals surface area (Å²) in [5, 5.41) is 12.9. The molecule has 3 aromatic carbocycles. The van der Waals surface area contributed by atoms with E-state index in [9.17, 15) is 9.18 Å². The Morgan fingerprint density at radius 2 is 1.78 bits per heavy atom. The first kappa shape index (κ1) is 32.9. The largest absolute Gasteiger partial charge is 0.493 e. The van der Waals surface area contributed by atoms with Crippen molar-refractivity contribution in [3.63, 3.8) is 0 Å². The van der Waals surface area contributed by atoms with Crippen LogP contribution in [0.3, 0.4) is 0 Å². The second-order valence-corrected chi connectivity index (χ2v) is 13.5. The van der Waals surface area contributed by atoms with E-state index in [1.54, 1.807) is 12.1 Å². The summed E-state index contributed by atoms with van der Waals surface area (Å²) in [6, 6.07) is 14.9. The van der Waals surface area contributed by atoms with Gasteiger partial charge < -0.3 is 14.0 Å². The molecule has 1 aliphatic rings. The summed E-state index contributed by atoms with van der Waals surface area (Å²) in [7, 11) is 7.38. The van der Waals surface area contributed by atoms with Crippen molar-refractivity contribution in [1.29, 1.82) is 0 Å². The van der Waals surface area contributed by atoms with Crippen LogP contribution in [0.1, 0.15) is 50.8 Å². The number of methoxy groups -OCH3 is 1. The summed E-state index contributed by atoms with van der Waals surface area (Å²) in [4.78, 5) is 15.6. The third kappa shape index (κ3) is 5.97. The lowest BCUT2D eigenvalue weighted by Crippen LogP contribution is -2.18. The summed E-state index contributed by atoms with van der Waals surface area (Å²) in [6.07, 6.45) is 2.12. The Kier molecular flexibility index (Phi) is 8.71. The van der Waals surface area contributed by atoms with Gasteiger partial charge in [0.1, 0.15) is 17.3 Å². The maximum Gasteiger partial charge on any atom is 0.354 e. The van der Waals surface area contributed by atoms with Crippen LogP contribution in [-0.2, 0) is 51.3 Å². The van der Waals surface area contributed by atoms with Gasteiger partial charge in [-0.2, -0.15) is 10.2 Å². The number of hydrogen-bond donors (Lipinski definition) is 0. The average Bonchev–Trinajstić information content (AvgIpc) is 3.65. The van der Waals surface area contributed by atoms with Crippen LogP contribution in [0.25, 0.3) is 32.8 Å². The summed E-state index contributed by atoms with van der Waals surface area (Å²) in [5.41, 5.74) is 8.98. The molecule has 1 aliphatic heterocycles. The fourth-order valence-electron chi connectivity index (χ4n) is 7.34. The van der Waals surface area contributed by atoms with E-state index < -0.39 is 5.97 Å².